The number of aromatic amines is 1. The molecular formula is C22H19ClN6O. The van der Waals surface area contributed by atoms with Crippen molar-refractivity contribution in [2.45, 2.75) is 25.8 Å². The minimum absolute atomic E-state index is 0.115. The third kappa shape index (κ3) is 3.07. The van der Waals surface area contributed by atoms with Crippen LogP contribution < -0.4 is 21.3 Å². The van der Waals surface area contributed by atoms with Crippen molar-refractivity contribution in [3.8, 4) is 5.69 Å². The smallest absolute Gasteiger partial charge is 0.264 e. The average molecular weight is 419 g/mol. The number of fused-ring (bicyclic) bond motifs is 2. The van der Waals surface area contributed by atoms with E-state index in [1.54, 1.807) is 10.9 Å². The van der Waals surface area contributed by atoms with E-state index in [9.17, 15) is 4.79 Å². The van der Waals surface area contributed by atoms with E-state index in [-0.39, 0.29) is 11.6 Å². The van der Waals surface area contributed by atoms with E-state index in [1.807, 2.05) is 43.3 Å². The molecule has 3 aromatic heterocycles. The van der Waals surface area contributed by atoms with E-state index in [1.165, 1.54) is 6.33 Å². The zero-order chi connectivity index (χ0) is 20.7. The van der Waals surface area contributed by atoms with Crippen molar-refractivity contribution in [1.82, 2.24) is 24.5 Å². The van der Waals surface area contributed by atoms with Crippen LogP contribution in [0.2, 0.25) is 0 Å². The Morgan fingerprint density at radius 2 is 2.03 bits per heavy atom. The Labute approximate surface area is 176 Å². The van der Waals surface area contributed by atoms with Gasteiger partial charge in [0.15, 0.2) is 11.5 Å². The molecule has 2 N–H and O–H groups in total. The number of pyridine rings is 1. The lowest BCUT2D eigenvalue weighted by Crippen LogP contribution is -2.48. The Hall–Kier alpha value is -3.45. The summed E-state index contributed by atoms with van der Waals surface area (Å²) in [6.07, 6.45) is 6.65. The number of H-pyrrole nitrogens is 1. The van der Waals surface area contributed by atoms with Crippen LogP contribution >= 0.6 is 11.6 Å². The molecule has 0 unspecified atom stereocenters. The van der Waals surface area contributed by atoms with E-state index < -0.39 is 0 Å². The molecule has 0 aliphatic heterocycles. The SMILES string of the molecule is C[C@H](Nc1ncnc2[nH]cnc12)c1cc2c(c(=O)n1-c1ccccc1)=C(Cl)CCC=2. The molecule has 1 aromatic carbocycles. The van der Waals surface area contributed by atoms with Gasteiger partial charge in [-0.25, -0.2) is 15.0 Å². The molecule has 7 nitrogen and oxygen atoms in total. The molecule has 0 fully saturated rings. The fourth-order valence-corrected chi connectivity index (χ4v) is 4.17. The Balaban J connectivity index is 1.71. The van der Waals surface area contributed by atoms with Crippen molar-refractivity contribution in [2.75, 3.05) is 5.32 Å². The second kappa shape index (κ2) is 7.42. The Morgan fingerprint density at radius 3 is 2.87 bits per heavy atom. The van der Waals surface area contributed by atoms with Gasteiger partial charge >= 0.3 is 0 Å². The number of para-hydroxylation sites is 1. The topological polar surface area (TPSA) is 88.5 Å². The predicted octanol–water partition coefficient (Wildman–Crippen LogP) is 2.60. The van der Waals surface area contributed by atoms with Crippen LogP contribution in [0.15, 0.2) is 53.8 Å². The summed E-state index contributed by atoms with van der Waals surface area (Å²) in [6.45, 7) is 2.00. The summed E-state index contributed by atoms with van der Waals surface area (Å²) in [6, 6.07) is 11.4. The highest BCUT2D eigenvalue weighted by Gasteiger charge is 2.19. The van der Waals surface area contributed by atoms with E-state index in [0.717, 1.165) is 23.0 Å². The summed E-state index contributed by atoms with van der Waals surface area (Å²) in [5.74, 6) is 0.604. The quantitative estimate of drug-likeness (QED) is 0.532. The summed E-state index contributed by atoms with van der Waals surface area (Å²) in [7, 11) is 0. The first kappa shape index (κ1) is 18.6. The molecule has 1 aliphatic rings. The van der Waals surface area contributed by atoms with Crippen molar-refractivity contribution in [3.63, 3.8) is 0 Å². The van der Waals surface area contributed by atoms with Gasteiger partial charge in [-0.05, 0) is 43.2 Å². The summed E-state index contributed by atoms with van der Waals surface area (Å²) in [5.41, 5.74) is 2.79. The van der Waals surface area contributed by atoms with Gasteiger partial charge in [0, 0.05) is 16.4 Å². The molecule has 30 heavy (non-hydrogen) atoms. The molecule has 0 amide bonds. The van der Waals surface area contributed by atoms with E-state index in [0.29, 0.717) is 33.7 Å². The molecular weight excluding hydrogens is 400 g/mol. The lowest BCUT2D eigenvalue weighted by Gasteiger charge is -2.21. The number of rotatable bonds is 4. The second-order valence-electron chi connectivity index (χ2n) is 7.21. The van der Waals surface area contributed by atoms with Crippen LogP contribution in [0.25, 0.3) is 28.0 Å². The average Bonchev–Trinajstić information content (AvgIpc) is 3.24. The van der Waals surface area contributed by atoms with Gasteiger partial charge in [0.25, 0.3) is 5.56 Å². The first-order valence-electron chi connectivity index (χ1n) is 9.74. The summed E-state index contributed by atoms with van der Waals surface area (Å²) >= 11 is 6.47. The second-order valence-corrected chi connectivity index (χ2v) is 7.67. The maximum absolute atomic E-state index is 13.5. The number of anilines is 1. The number of aromatic nitrogens is 5. The van der Waals surface area contributed by atoms with Crippen LogP contribution in [-0.2, 0) is 0 Å². The lowest BCUT2D eigenvalue weighted by atomic mass is 10.1. The largest absolute Gasteiger partial charge is 0.360 e. The number of nitrogens with one attached hydrogen (secondary N) is 2. The molecule has 0 saturated heterocycles. The van der Waals surface area contributed by atoms with Crippen LogP contribution in [0.5, 0.6) is 0 Å². The monoisotopic (exact) mass is 418 g/mol. The highest BCUT2D eigenvalue weighted by molar-refractivity contribution is 6.45. The van der Waals surface area contributed by atoms with Gasteiger partial charge in [-0.15, -0.1) is 0 Å². The summed E-state index contributed by atoms with van der Waals surface area (Å²) in [4.78, 5) is 29.4. The Kier molecular flexibility index (Phi) is 4.59. The molecule has 3 heterocycles. The zero-order valence-electron chi connectivity index (χ0n) is 16.3. The minimum atomic E-state index is -0.230. The van der Waals surface area contributed by atoms with Gasteiger partial charge in [-0.3, -0.25) is 9.36 Å². The highest BCUT2D eigenvalue weighted by Crippen LogP contribution is 2.22. The van der Waals surface area contributed by atoms with E-state index in [2.05, 4.69) is 31.3 Å². The van der Waals surface area contributed by atoms with E-state index >= 15 is 0 Å². The maximum Gasteiger partial charge on any atom is 0.264 e. The van der Waals surface area contributed by atoms with Gasteiger partial charge < -0.3 is 10.3 Å². The number of imidazole rings is 1. The van der Waals surface area contributed by atoms with Crippen molar-refractivity contribution < 1.29 is 0 Å². The van der Waals surface area contributed by atoms with Crippen LogP contribution in [0, 0.1) is 0 Å². The fraction of sp³-hybridized carbons (Fsp3) is 0.182. The van der Waals surface area contributed by atoms with Crippen LogP contribution in [-0.4, -0.2) is 24.5 Å². The number of benzene rings is 1. The predicted molar refractivity (Wildman–Crippen MR) is 118 cm³/mol. The molecule has 8 heteroatoms. The normalized spacial score (nSPS) is 14.3. The number of halogens is 1. The molecule has 0 bridgehead atoms. The maximum atomic E-state index is 13.5. The highest BCUT2D eigenvalue weighted by atomic mass is 35.5. The fourth-order valence-electron chi connectivity index (χ4n) is 3.87. The third-order valence-electron chi connectivity index (χ3n) is 5.30. The Bertz CT molecular complexity index is 1420. The molecule has 0 saturated carbocycles. The lowest BCUT2D eigenvalue weighted by molar-refractivity contribution is 0.759. The minimum Gasteiger partial charge on any atom is -0.360 e. The molecule has 5 rings (SSSR count). The Morgan fingerprint density at radius 1 is 1.20 bits per heavy atom. The van der Waals surface area contributed by atoms with Crippen molar-refractivity contribution in [3.05, 3.63) is 75.5 Å². The molecule has 1 aliphatic carbocycles. The van der Waals surface area contributed by atoms with Crippen molar-refractivity contribution in [2.24, 2.45) is 0 Å². The first-order valence-corrected chi connectivity index (χ1v) is 10.1. The number of hydrogen-bond acceptors (Lipinski definition) is 5. The zero-order valence-corrected chi connectivity index (χ0v) is 17.0. The molecule has 0 spiro atoms. The van der Waals surface area contributed by atoms with Gasteiger partial charge in [0.05, 0.1) is 17.6 Å². The third-order valence-corrected chi connectivity index (χ3v) is 5.67. The van der Waals surface area contributed by atoms with Crippen molar-refractivity contribution >= 4 is 39.7 Å². The summed E-state index contributed by atoms with van der Waals surface area (Å²) < 4.78 is 1.72. The van der Waals surface area contributed by atoms with Gasteiger partial charge in [-0.2, -0.15) is 0 Å². The van der Waals surface area contributed by atoms with E-state index in [4.69, 9.17) is 11.6 Å². The van der Waals surface area contributed by atoms with Gasteiger partial charge in [0.1, 0.15) is 11.8 Å². The molecule has 1 atom stereocenters. The molecule has 150 valence electrons. The molecule has 4 aromatic rings. The van der Waals surface area contributed by atoms with Crippen LogP contribution in [0.1, 0.15) is 31.5 Å². The van der Waals surface area contributed by atoms with Gasteiger partial charge in [-0.1, -0.05) is 35.9 Å². The molecule has 0 radical (unpaired) electrons. The summed E-state index contributed by atoms with van der Waals surface area (Å²) in [5, 5.41) is 5.47. The van der Waals surface area contributed by atoms with Gasteiger partial charge in [0.2, 0.25) is 0 Å². The van der Waals surface area contributed by atoms with Crippen molar-refractivity contribution in [1.29, 1.82) is 0 Å². The standard InChI is InChI=1S/C22H19ClN6O/c1-13(28-21-19-20(25-11-24-19)26-12-27-21)17-10-14-6-5-9-16(23)18(14)22(30)29(17)15-7-3-2-4-8-15/h2-4,6-8,10-13H,5,9H2,1H3,(H2,24,25,26,27,28)/t13-/m0/s1. The number of nitrogens with zero attached hydrogens (tertiary/aromatic N) is 4. The van der Waals surface area contributed by atoms with Crippen LogP contribution in [0.4, 0.5) is 5.82 Å². The number of hydrogen-bond donors (Lipinski definition) is 2. The van der Waals surface area contributed by atoms with Crippen LogP contribution in [0.3, 0.4) is 0 Å². The first-order chi connectivity index (χ1) is 14.6.